The van der Waals surface area contributed by atoms with Crippen molar-refractivity contribution in [3.63, 3.8) is 0 Å². The molecule has 4 amide bonds. The van der Waals surface area contributed by atoms with E-state index in [4.69, 9.17) is 0 Å². The van der Waals surface area contributed by atoms with Gasteiger partial charge in [-0.2, -0.15) is 0 Å². The summed E-state index contributed by atoms with van der Waals surface area (Å²) in [5.74, 6) is 0.447. The second kappa shape index (κ2) is 9.41. The number of benzene rings is 1. The van der Waals surface area contributed by atoms with E-state index in [1.54, 1.807) is 6.92 Å². The molecule has 1 aromatic carbocycles. The Kier molecular flexibility index (Phi) is 7.07. The minimum absolute atomic E-state index is 0.164. The van der Waals surface area contributed by atoms with Crippen LogP contribution in [0.1, 0.15) is 70.6 Å². The zero-order valence-electron chi connectivity index (χ0n) is 19.7. The summed E-state index contributed by atoms with van der Waals surface area (Å²) in [5.41, 5.74) is 2.24. The molecule has 6 heteroatoms. The van der Waals surface area contributed by atoms with Crippen molar-refractivity contribution in [2.24, 2.45) is 11.8 Å². The summed E-state index contributed by atoms with van der Waals surface area (Å²) < 4.78 is 0. The van der Waals surface area contributed by atoms with Crippen LogP contribution in [0.3, 0.4) is 0 Å². The number of nitrogens with zero attached hydrogens (tertiary/aromatic N) is 2. The minimum Gasteiger partial charge on any atom is -0.341 e. The maximum atomic E-state index is 13.3. The lowest BCUT2D eigenvalue weighted by molar-refractivity contribution is -0.139. The number of hydrogen-bond acceptors (Lipinski definition) is 3. The Morgan fingerprint density at radius 2 is 1.68 bits per heavy atom. The molecular formula is C25H37N3O3. The fourth-order valence-corrected chi connectivity index (χ4v) is 4.34. The summed E-state index contributed by atoms with van der Waals surface area (Å²) in [7, 11) is 0. The molecule has 1 atom stereocenters. The molecular weight excluding hydrogens is 390 g/mol. The molecule has 1 N–H and O–H groups in total. The van der Waals surface area contributed by atoms with E-state index in [0.29, 0.717) is 24.9 Å². The molecule has 0 saturated carbocycles. The number of urea groups is 1. The first-order valence-electron chi connectivity index (χ1n) is 11.7. The number of hydrogen-bond donors (Lipinski definition) is 1. The van der Waals surface area contributed by atoms with Gasteiger partial charge >= 0.3 is 6.03 Å². The van der Waals surface area contributed by atoms with Crippen molar-refractivity contribution in [1.82, 2.24) is 15.1 Å². The van der Waals surface area contributed by atoms with Crippen LogP contribution in [-0.4, -0.2) is 47.3 Å². The largest absolute Gasteiger partial charge is 0.341 e. The molecule has 0 unspecified atom stereocenters. The predicted molar refractivity (Wildman–Crippen MR) is 122 cm³/mol. The van der Waals surface area contributed by atoms with E-state index in [-0.39, 0.29) is 18.4 Å². The third kappa shape index (κ3) is 5.10. The molecule has 2 aliphatic rings. The molecule has 3 rings (SSSR count). The van der Waals surface area contributed by atoms with Crippen LogP contribution in [0.15, 0.2) is 18.2 Å². The smallest absolute Gasteiger partial charge is 0.325 e. The van der Waals surface area contributed by atoms with Crippen LogP contribution in [0.2, 0.25) is 0 Å². The van der Waals surface area contributed by atoms with E-state index in [0.717, 1.165) is 42.6 Å². The maximum Gasteiger partial charge on any atom is 0.325 e. The van der Waals surface area contributed by atoms with Crippen LogP contribution in [-0.2, 0) is 28.0 Å². The first-order chi connectivity index (χ1) is 14.6. The van der Waals surface area contributed by atoms with E-state index >= 15 is 0 Å². The highest BCUT2D eigenvalue weighted by Gasteiger charge is 2.50. The number of carbonyl (C=O) groups excluding carboxylic acids is 3. The molecule has 0 bridgehead atoms. The molecule has 0 aromatic heterocycles. The number of nitrogens with one attached hydrogen (secondary N) is 1. The van der Waals surface area contributed by atoms with Gasteiger partial charge in [0.1, 0.15) is 12.1 Å². The molecule has 1 heterocycles. The first kappa shape index (κ1) is 23.3. The minimum atomic E-state index is -1.13. The number of amides is 4. The van der Waals surface area contributed by atoms with E-state index in [1.165, 1.54) is 11.1 Å². The van der Waals surface area contributed by atoms with Gasteiger partial charge in [0.15, 0.2) is 0 Å². The quantitative estimate of drug-likeness (QED) is 0.609. The second-order valence-corrected chi connectivity index (χ2v) is 10.0. The van der Waals surface area contributed by atoms with E-state index < -0.39 is 11.6 Å². The Morgan fingerprint density at radius 3 is 2.29 bits per heavy atom. The Morgan fingerprint density at radius 1 is 1.06 bits per heavy atom. The molecule has 31 heavy (non-hydrogen) atoms. The van der Waals surface area contributed by atoms with Gasteiger partial charge in [-0.3, -0.25) is 14.5 Å². The van der Waals surface area contributed by atoms with Gasteiger partial charge in [-0.05, 0) is 67.6 Å². The first-order valence-corrected chi connectivity index (χ1v) is 11.7. The lowest BCUT2D eigenvalue weighted by Crippen LogP contribution is -2.45. The van der Waals surface area contributed by atoms with Crippen molar-refractivity contribution in [3.05, 3.63) is 34.9 Å². The Hall–Kier alpha value is -2.37. The van der Waals surface area contributed by atoms with E-state index in [9.17, 15) is 14.4 Å². The summed E-state index contributed by atoms with van der Waals surface area (Å²) in [6, 6.07) is 5.55. The van der Waals surface area contributed by atoms with Crippen molar-refractivity contribution in [2.75, 3.05) is 19.6 Å². The summed E-state index contributed by atoms with van der Waals surface area (Å²) in [5, 5.41) is 2.85. The average Bonchev–Trinajstić information content (AvgIpc) is 3.25. The fraction of sp³-hybridized carbons (Fsp3) is 0.640. The standard InChI is InChI=1S/C25H37N3O3/c1-17(2)11-13-27(14-12-18(3)4)22(29)16-28-23(30)25(5,26-24(28)31)21-10-9-19-7-6-8-20(19)15-21/h9-10,15,17-18H,6-8,11-14,16H2,1-5H3,(H,26,31)/t25-/m1/s1. The highest BCUT2D eigenvalue weighted by Crippen LogP contribution is 2.32. The molecule has 1 aliphatic carbocycles. The number of fused-ring (bicyclic) bond motifs is 1. The molecule has 1 fully saturated rings. The van der Waals surface area contributed by atoms with E-state index in [2.05, 4.69) is 39.1 Å². The van der Waals surface area contributed by atoms with Gasteiger partial charge in [0.2, 0.25) is 5.91 Å². The van der Waals surface area contributed by atoms with Crippen molar-refractivity contribution >= 4 is 17.8 Å². The predicted octanol–water partition coefficient (Wildman–Crippen LogP) is 3.86. The normalized spacial score (nSPS) is 20.5. The monoisotopic (exact) mass is 427 g/mol. The Labute approximate surface area is 186 Å². The van der Waals surface area contributed by atoms with Gasteiger partial charge in [0.25, 0.3) is 5.91 Å². The zero-order chi connectivity index (χ0) is 22.8. The van der Waals surface area contributed by atoms with Crippen LogP contribution in [0.4, 0.5) is 4.79 Å². The van der Waals surface area contributed by atoms with Crippen LogP contribution < -0.4 is 5.32 Å². The lowest BCUT2D eigenvalue weighted by atomic mass is 9.89. The third-order valence-corrected chi connectivity index (χ3v) is 6.55. The van der Waals surface area contributed by atoms with Crippen molar-refractivity contribution in [2.45, 2.75) is 72.3 Å². The van der Waals surface area contributed by atoms with Gasteiger partial charge in [0.05, 0.1) is 0 Å². The average molecular weight is 428 g/mol. The van der Waals surface area contributed by atoms with Gasteiger partial charge < -0.3 is 10.2 Å². The third-order valence-electron chi connectivity index (χ3n) is 6.55. The van der Waals surface area contributed by atoms with Crippen LogP contribution in [0.5, 0.6) is 0 Å². The Balaban J connectivity index is 1.73. The highest BCUT2D eigenvalue weighted by molar-refractivity contribution is 6.09. The van der Waals surface area contributed by atoms with Gasteiger partial charge in [0, 0.05) is 13.1 Å². The molecule has 170 valence electrons. The molecule has 0 radical (unpaired) electrons. The van der Waals surface area contributed by atoms with Gasteiger partial charge in [-0.1, -0.05) is 45.9 Å². The van der Waals surface area contributed by atoms with Crippen molar-refractivity contribution in [3.8, 4) is 0 Å². The van der Waals surface area contributed by atoms with E-state index in [1.807, 2.05) is 17.0 Å². The highest BCUT2D eigenvalue weighted by atomic mass is 16.2. The molecule has 1 saturated heterocycles. The zero-order valence-corrected chi connectivity index (χ0v) is 19.7. The molecule has 1 aromatic rings. The summed E-state index contributed by atoms with van der Waals surface area (Å²) in [6.45, 7) is 11.3. The van der Waals surface area contributed by atoms with Crippen molar-refractivity contribution in [1.29, 1.82) is 0 Å². The van der Waals surface area contributed by atoms with Crippen LogP contribution in [0.25, 0.3) is 0 Å². The van der Waals surface area contributed by atoms with Gasteiger partial charge in [-0.15, -0.1) is 0 Å². The topological polar surface area (TPSA) is 69.7 Å². The Bertz CT molecular complexity index is 836. The summed E-state index contributed by atoms with van der Waals surface area (Å²) in [4.78, 5) is 42.0. The van der Waals surface area contributed by atoms with Crippen molar-refractivity contribution < 1.29 is 14.4 Å². The van der Waals surface area contributed by atoms with Crippen LogP contribution >= 0.6 is 0 Å². The summed E-state index contributed by atoms with van der Waals surface area (Å²) >= 11 is 0. The SMILES string of the molecule is CC(C)CCN(CCC(C)C)C(=O)CN1C(=O)N[C@](C)(c2ccc3c(c2)CCC3)C1=O. The second-order valence-electron chi connectivity index (χ2n) is 10.0. The lowest BCUT2D eigenvalue weighted by Gasteiger charge is -2.27. The number of carbonyl (C=O) groups is 3. The maximum absolute atomic E-state index is 13.3. The van der Waals surface area contributed by atoms with Gasteiger partial charge in [-0.25, -0.2) is 4.79 Å². The number of imide groups is 1. The molecule has 0 spiro atoms. The molecule has 6 nitrogen and oxygen atoms in total. The number of aryl methyl sites for hydroxylation is 2. The molecule has 1 aliphatic heterocycles. The fourth-order valence-electron chi connectivity index (χ4n) is 4.34. The number of rotatable bonds is 9. The summed E-state index contributed by atoms with van der Waals surface area (Å²) in [6.07, 6.45) is 4.99. The van der Waals surface area contributed by atoms with Crippen LogP contribution in [0, 0.1) is 11.8 Å².